The van der Waals surface area contributed by atoms with Crippen LogP contribution in [0.2, 0.25) is 0 Å². The van der Waals surface area contributed by atoms with Gasteiger partial charge in [0, 0.05) is 72.5 Å². The SMILES string of the molecule is CN=C(NCc1ccc(CN2CCN(C)CC2)cc1)N1CCN(C(C)C(F)(F)F)CC1.I. The summed E-state index contributed by atoms with van der Waals surface area (Å²) in [5, 5.41) is 3.35. The van der Waals surface area contributed by atoms with Crippen LogP contribution in [0.15, 0.2) is 29.3 Å². The molecular weight excluding hydrogens is 532 g/mol. The van der Waals surface area contributed by atoms with Gasteiger partial charge in [-0.3, -0.25) is 14.8 Å². The van der Waals surface area contributed by atoms with E-state index in [0.29, 0.717) is 32.7 Å². The van der Waals surface area contributed by atoms with E-state index in [4.69, 9.17) is 0 Å². The number of aliphatic imine (C=N–C) groups is 1. The van der Waals surface area contributed by atoms with E-state index in [1.165, 1.54) is 17.4 Å². The first-order valence-corrected chi connectivity index (χ1v) is 11.0. The van der Waals surface area contributed by atoms with Gasteiger partial charge >= 0.3 is 6.18 Å². The van der Waals surface area contributed by atoms with Gasteiger partial charge in [-0.2, -0.15) is 13.2 Å². The Morgan fingerprint density at radius 2 is 1.53 bits per heavy atom. The molecule has 6 nitrogen and oxygen atoms in total. The number of nitrogens with one attached hydrogen (secondary N) is 1. The van der Waals surface area contributed by atoms with Crippen LogP contribution in [-0.4, -0.2) is 104 Å². The maximum atomic E-state index is 12.9. The molecule has 2 saturated heterocycles. The van der Waals surface area contributed by atoms with Crippen molar-refractivity contribution < 1.29 is 13.2 Å². The fraction of sp³-hybridized carbons (Fsp3) is 0.682. The van der Waals surface area contributed by atoms with Crippen LogP contribution in [0.4, 0.5) is 13.2 Å². The monoisotopic (exact) mass is 568 g/mol. The van der Waals surface area contributed by atoms with Crippen LogP contribution in [0.3, 0.4) is 0 Å². The van der Waals surface area contributed by atoms with Gasteiger partial charge in [-0.15, -0.1) is 24.0 Å². The third-order valence-corrected chi connectivity index (χ3v) is 6.32. The van der Waals surface area contributed by atoms with Gasteiger partial charge in [-0.1, -0.05) is 24.3 Å². The normalized spacial score (nSPS) is 20.7. The molecule has 182 valence electrons. The number of guanidine groups is 1. The number of hydrogen-bond acceptors (Lipinski definition) is 4. The van der Waals surface area contributed by atoms with Crippen molar-refractivity contribution in [2.24, 2.45) is 4.99 Å². The minimum atomic E-state index is -4.18. The van der Waals surface area contributed by atoms with Gasteiger partial charge in [-0.25, -0.2) is 0 Å². The highest BCUT2D eigenvalue weighted by atomic mass is 127. The Hall–Kier alpha value is -1.11. The molecule has 0 bridgehead atoms. The third-order valence-electron chi connectivity index (χ3n) is 6.32. The van der Waals surface area contributed by atoms with Crippen LogP contribution in [-0.2, 0) is 13.1 Å². The predicted octanol–water partition coefficient (Wildman–Crippen LogP) is 2.70. The first kappa shape index (κ1) is 27.1. The summed E-state index contributed by atoms with van der Waals surface area (Å²) in [5.74, 6) is 0.737. The van der Waals surface area contributed by atoms with Crippen molar-refractivity contribution in [3.05, 3.63) is 35.4 Å². The highest BCUT2D eigenvalue weighted by molar-refractivity contribution is 14.0. The molecule has 2 fully saturated rings. The fourth-order valence-electron chi connectivity index (χ4n) is 4.07. The Balaban J connectivity index is 0.00000363. The Kier molecular flexibility index (Phi) is 10.5. The molecule has 1 N–H and O–H groups in total. The summed E-state index contributed by atoms with van der Waals surface area (Å²) in [6.07, 6.45) is -4.18. The molecule has 2 aliphatic heterocycles. The standard InChI is InChI=1S/C22H35F3N6.HI/c1-18(22(23,24)25)30-12-14-31(15-13-30)21(26-2)27-16-19-4-6-20(7-5-19)17-29-10-8-28(3)9-11-29;/h4-7,18H,8-17H2,1-3H3,(H,26,27);1H. The van der Waals surface area contributed by atoms with Gasteiger partial charge in [0.15, 0.2) is 5.96 Å². The van der Waals surface area contributed by atoms with Crippen molar-refractivity contribution in [2.75, 3.05) is 66.5 Å². The van der Waals surface area contributed by atoms with Crippen molar-refractivity contribution >= 4 is 29.9 Å². The van der Waals surface area contributed by atoms with Crippen LogP contribution >= 0.6 is 24.0 Å². The van der Waals surface area contributed by atoms with Crippen molar-refractivity contribution in [2.45, 2.75) is 32.2 Å². The number of rotatable bonds is 5. The quantitative estimate of drug-likeness (QED) is 0.336. The van der Waals surface area contributed by atoms with Gasteiger partial charge in [0.25, 0.3) is 0 Å². The van der Waals surface area contributed by atoms with Crippen LogP contribution in [0.25, 0.3) is 0 Å². The second-order valence-corrected chi connectivity index (χ2v) is 8.54. The summed E-state index contributed by atoms with van der Waals surface area (Å²) < 4.78 is 38.8. The van der Waals surface area contributed by atoms with E-state index in [-0.39, 0.29) is 24.0 Å². The first-order chi connectivity index (χ1) is 14.8. The zero-order valence-electron chi connectivity index (χ0n) is 19.2. The molecule has 2 heterocycles. The number of halogens is 4. The Morgan fingerprint density at radius 1 is 0.969 bits per heavy atom. The topological polar surface area (TPSA) is 37.4 Å². The number of hydrogen-bond donors (Lipinski definition) is 1. The summed E-state index contributed by atoms with van der Waals surface area (Å²) in [6, 6.07) is 7.21. The third kappa shape index (κ3) is 7.74. The zero-order valence-corrected chi connectivity index (χ0v) is 21.6. The number of likely N-dealkylation sites (N-methyl/N-ethyl adjacent to an activating group) is 1. The summed E-state index contributed by atoms with van der Waals surface area (Å²) in [4.78, 5) is 12.7. The van der Waals surface area contributed by atoms with E-state index < -0.39 is 12.2 Å². The van der Waals surface area contributed by atoms with E-state index in [2.05, 4.69) is 51.4 Å². The fourth-order valence-corrected chi connectivity index (χ4v) is 4.07. The van der Waals surface area contributed by atoms with Gasteiger partial charge in [0.05, 0.1) is 0 Å². The average molecular weight is 568 g/mol. The molecule has 0 radical (unpaired) electrons. The van der Waals surface area contributed by atoms with Gasteiger partial charge in [-0.05, 0) is 25.1 Å². The molecule has 0 aliphatic carbocycles. The first-order valence-electron chi connectivity index (χ1n) is 11.0. The molecule has 0 saturated carbocycles. The molecule has 1 atom stereocenters. The molecule has 0 amide bonds. The van der Waals surface area contributed by atoms with E-state index in [1.807, 2.05) is 4.90 Å². The second-order valence-electron chi connectivity index (χ2n) is 8.54. The lowest BCUT2D eigenvalue weighted by atomic mass is 10.1. The minimum Gasteiger partial charge on any atom is -0.352 e. The molecule has 32 heavy (non-hydrogen) atoms. The van der Waals surface area contributed by atoms with E-state index in [9.17, 15) is 13.2 Å². The summed E-state index contributed by atoms with van der Waals surface area (Å²) in [6.45, 7) is 9.10. The molecule has 1 aromatic rings. The Bertz CT molecular complexity index is 711. The molecule has 3 rings (SSSR count). The second kappa shape index (κ2) is 12.4. The van der Waals surface area contributed by atoms with Crippen LogP contribution in [0, 0.1) is 0 Å². The number of piperazine rings is 2. The smallest absolute Gasteiger partial charge is 0.352 e. The lowest BCUT2D eigenvalue weighted by molar-refractivity contribution is -0.181. The van der Waals surface area contributed by atoms with Crippen LogP contribution in [0.1, 0.15) is 18.1 Å². The molecule has 1 aromatic carbocycles. The predicted molar refractivity (Wildman–Crippen MR) is 133 cm³/mol. The molecule has 0 spiro atoms. The van der Waals surface area contributed by atoms with Crippen molar-refractivity contribution in [1.82, 2.24) is 24.9 Å². The largest absolute Gasteiger partial charge is 0.403 e. The highest BCUT2D eigenvalue weighted by Crippen LogP contribution is 2.25. The zero-order chi connectivity index (χ0) is 22.4. The maximum Gasteiger partial charge on any atom is 0.403 e. The van der Waals surface area contributed by atoms with Gasteiger partial charge in [0.2, 0.25) is 0 Å². The summed E-state index contributed by atoms with van der Waals surface area (Å²) in [5.41, 5.74) is 2.47. The van der Waals surface area contributed by atoms with Crippen molar-refractivity contribution in [3.8, 4) is 0 Å². The lowest BCUT2D eigenvalue weighted by Gasteiger charge is -2.39. The summed E-state index contributed by atoms with van der Waals surface area (Å²) >= 11 is 0. The van der Waals surface area contributed by atoms with Crippen LogP contribution in [0.5, 0.6) is 0 Å². The summed E-state index contributed by atoms with van der Waals surface area (Å²) in [7, 11) is 3.88. The molecule has 2 aliphatic rings. The van der Waals surface area contributed by atoms with E-state index >= 15 is 0 Å². The number of alkyl halides is 3. The molecule has 10 heteroatoms. The van der Waals surface area contributed by atoms with Gasteiger partial charge in [0.1, 0.15) is 6.04 Å². The number of benzene rings is 1. The van der Waals surface area contributed by atoms with Crippen molar-refractivity contribution in [1.29, 1.82) is 0 Å². The number of nitrogens with zero attached hydrogens (tertiary/aromatic N) is 5. The molecule has 0 aromatic heterocycles. The van der Waals surface area contributed by atoms with Crippen LogP contribution < -0.4 is 5.32 Å². The van der Waals surface area contributed by atoms with Gasteiger partial charge < -0.3 is 15.1 Å². The molecular formula is C22H36F3IN6. The Labute approximate surface area is 206 Å². The highest BCUT2D eigenvalue weighted by Gasteiger charge is 2.41. The Morgan fingerprint density at radius 3 is 2.06 bits per heavy atom. The average Bonchev–Trinajstić information content (AvgIpc) is 2.76. The minimum absolute atomic E-state index is 0. The van der Waals surface area contributed by atoms with E-state index in [1.54, 1.807) is 7.05 Å². The maximum absolute atomic E-state index is 12.9. The van der Waals surface area contributed by atoms with E-state index in [0.717, 1.165) is 44.2 Å². The lowest BCUT2D eigenvalue weighted by Crippen LogP contribution is -2.56. The molecule has 1 unspecified atom stereocenters. The van der Waals surface area contributed by atoms with Crippen molar-refractivity contribution in [3.63, 3.8) is 0 Å².